The van der Waals surface area contributed by atoms with Crippen LogP contribution in [0.4, 0.5) is 10.1 Å². The average Bonchev–Trinajstić information content (AvgIpc) is 2.48. The number of methoxy groups -OCH3 is 1. The Morgan fingerprint density at radius 2 is 2.05 bits per heavy atom. The molecule has 20 heavy (non-hydrogen) atoms. The number of benzene rings is 1. The van der Waals surface area contributed by atoms with Crippen molar-refractivity contribution < 1.29 is 13.9 Å². The number of carbonyl (C=O) groups excluding carboxylic acids is 1. The second kappa shape index (κ2) is 6.56. The summed E-state index contributed by atoms with van der Waals surface area (Å²) in [4.78, 5) is 19.4. The number of nitrogens with zero attached hydrogens (tertiary/aromatic N) is 2. The zero-order chi connectivity index (χ0) is 14.4. The Morgan fingerprint density at radius 1 is 1.30 bits per heavy atom. The Morgan fingerprint density at radius 3 is 2.65 bits per heavy atom. The number of Topliss-reactive ketones (excluding diaryl/α,β-unsaturated/α-hetero) is 1. The number of ether oxygens (including phenoxy) is 1. The number of aliphatic imine (C=N–C) groups is 1. The molecular formula is C15H13FN2O2. The van der Waals surface area contributed by atoms with Crippen molar-refractivity contribution in [1.82, 2.24) is 4.98 Å². The summed E-state index contributed by atoms with van der Waals surface area (Å²) in [7, 11) is 1.59. The van der Waals surface area contributed by atoms with E-state index in [2.05, 4.69) is 9.98 Å². The first kappa shape index (κ1) is 13.9. The predicted octanol–water partition coefficient (Wildman–Crippen LogP) is 3.20. The van der Waals surface area contributed by atoms with Crippen LogP contribution in [-0.4, -0.2) is 24.1 Å². The van der Waals surface area contributed by atoms with Gasteiger partial charge in [-0.2, -0.15) is 4.39 Å². The summed E-state index contributed by atoms with van der Waals surface area (Å²) in [6, 6.07) is 9.73. The van der Waals surface area contributed by atoms with Crippen LogP contribution in [-0.2, 0) is 0 Å². The van der Waals surface area contributed by atoms with Crippen LogP contribution in [0.2, 0.25) is 0 Å². The number of hydrogen-bond donors (Lipinski definition) is 0. The van der Waals surface area contributed by atoms with Crippen molar-refractivity contribution in [3.63, 3.8) is 0 Å². The number of hydrogen-bond acceptors (Lipinski definition) is 4. The summed E-state index contributed by atoms with van der Waals surface area (Å²) >= 11 is 0. The molecule has 0 N–H and O–H groups in total. The first-order chi connectivity index (χ1) is 9.69. The number of ketones is 1. The summed E-state index contributed by atoms with van der Waals surface area (Å²) < 4.78 is 17.7. The average molecular weight is 272 g/mol. The van der Waals surface area contributed by atoms with Crippen LogP contribution >= 0.6 is 0 Å². The molecule has 0 unspecified atom stereocenters. The molecule has 0 aliphatic carbocycles. The largest absolute Gasteiger partial charge is 0.497 e. The third-order valence-corrected chi connectivity index (χ3v) is 2.64. The van der Waals surface area contributed by atoms with Gasteiger partial charge >= 0.3 is 0 Å². The molecule has 0 amide bonds. The van der Waals surface area contributed by atoms with Crippen LogP contribution < -0.4 is 4.74 Å². The SMILES string of the molecule is COc1ccc(N=CCC(=O)c2ccc(F)nc2)cc1. The maximum Gasteiger partial charge on any atom is 0.212 e. The minimum absolute atomic E-state index is 0.138. The van der Waals surface area contributed by atoms with Gasteiger partial charge < -0.3 is 4.74 Å². The van der Waals surface area contributed by atoms with Crippen molar-refractivity contribution in [3.8, 4) is 5.75 Å². The normalized spacial score (nSPS) is 10.7. The first-order valence-corrected chi connectivity index (χ1v) is 6.00. The number of aromatic nitrogens is 1. The van der Waals surface area contributed by atoms with E-state index in [4.69, 9.17) is 4.74 Å². The molecule has 2 aromatic rings. The number of halogens is 1. The van der Waals surface area contributed by atoms with E-state index in [1.165, 1.54) is 18.5 Å². The molecule has 5 heteroatoms. The molecule has 102 valence electrons. The monoisotopic (exact) mass is 272 g/mol. The van der Waals surface area contributed by atoms with E-state index >= 15 is 0 Å². The minimum atomic E-state index is -0.603. The zero-order valence-electron chi connectivity index (χ0n) is 10.9. The van der Waals surface area contributed by atoms with Crippen molar-refractivity contribution in [3.05, 3.63) is 54.1 Å². The molecule has 0 atom stereocenters. The van der Waals surface area contributed by atoms with E-state index in [1.807, 2.05) is 0 Å². The standard InChI is InChI=1S/C15H13FN2O2/c1-20-13-5-3-12(4-6-13)17-9-8-14(19)11-2-7-15(16)18-10-11/h2-7,9-10H,8H2,1H3. The smallest absolute Gasteiger partial charge is 0.212 e. The lowest BCUT2D eigenvalue weighted by Crippen LogP contribution is -2.00. The topological polar surface area (TPSA) is 51.5 Å². The van der Waals surface area contributed by atoms with E-state index in [0.717, 1.165) is 17.5 Å². The maximum atomic E-state index is 12.6. The van der Waals surface area contributed by atoms with Crippen LogP contribution in [0.15, 0.2) is 47.6 Å². The van der Waals surface area contributed by atoms with Crippen molar-refractivity contribution in [2.45, 2.75) is 6.42 Å². The van der Waals surface area contributed by atoms with Crippen molar-refractivity contribution >= 4 is 17.7 Å². The lowest BCUT2D eigenvalue weighted by Gasteiger charge is -1.99. The summed E-state index contributed by atoms with van der Waals surface area (Å²) in [5.74, 6) is -0.0133. The molecule has 0 aliphatic heterocycles. The summed E-state index contributed by atoms with van der Waals surface area (Å²) in [5.41, 5.74) is 1.10. The van der Waals surface area contributed by atoms with Gasteiger partial charge in [0.05, 0.1) is 12.8 Å². The van der Waals surface area contributed by atoms with Crippen LogP contribution in [0.25, 0.3) is 0 Å². The van der Waals surface area contributed by atoms with E-state index in [-0.39, 0.29) is 12.2 Å². The molecular weight excluding hydrogens is 259 g/mol. The predicted molar refractivity (Wildman–Crippen MR) is 74.3 cm³/mol. The number of rotatable bonds is 5. The molecule has 0 fully saturated rings. The van der Waals surface area contributed by atoms with Gasteiger partial charge in [0.1, 0.15) is 5.75 Å². The molecule has 0 saturated heterocycles. The van der Waals surface area contributed by atoms with Crippen LogP contribution in [0.1, 0.15) is 16.8 Å². The van der Waals surface area contributed by atoms with Crippen molar-refractivity contribution in [1.29, 1.82) is 0 Å². The van der Waals surface area contributed by atoms with Gasteiger partial charge in [-0.15, -0.1) is 0 Å². The summed E-state index contributed by atoms with van der Waals surface area (Å²) in [6.45, 7) is 0. The van der Waals surface area contributed by atoms with Gasteiger partial charge in [0.2, 0.25) is 5.95 Å². The van der Waals surface area contributed by atoms with Gasteiger partial charge in [-0.1, -0.05) is 0 Å². The fourth-order valence-corrected chi connectivity index (χ4v) is 1.56. The van der Waals surface area contributed by atoms with E-state index in [9.17, 15) is 9.18 Å². The zero-order valence-corrected chi connectivity index (χ0v) is 10.9. The van der Waals surface area contributed by atoms with E-state index < -0.39 is 5.95 Å². The van der Waals surface area contributed by atoms with Gasteiger partial charge in [0.25, 0.3) is 0 Å². The number of pyridine rings is 1. The van der Waals surface area contributed by atoms with Crippen LogP contribution in [0.3, 0.4) is 0 Å². The molecule has 0 radical (unpaired) electrons. The van der Waals surface area contributed by atoms with Gasteiger partial charge in [-0.3, -0.25) is 9.79 Å². The van der Waals surface area contributed by atoms with Gasteiger partial charge in [0, 0.05) is 24.4 Å². The quantitative estimate of drug-likeness (QED) is 0.477. The molecule has 2 rings (SSSR count). The van der Waals surface area contributed by atoms with Crippen LogP contribution in [0.5, 0.6) is 5.75 Å². The molecule has 0 aliphatic rings. The van der Waals surface area contributed by atoms with Gasteiger partial charge in [-0.25, -0.2) is 4.98 Å². The molecule has 1 heterocycles. The molecule has 1 aromatic heterocycles. The third kappa shape index (κ3) is 3.71. The number of carbonyl (C=O) groups is 1. The Balaban J connectivity index is 1.95. The summed E-state index contributed by atoms with van der Waals surface area (Å²) in [6.07, 6.45) is 2.88. The van der Waals surface area contributed by atoms with Crippen molar-refractivity contribution in [2.75, 3.05) is 7.11 Å². The fourth-order valence-electron chi connectivity index (χ4n) is 1.56. The highest BCUT2D eigenvalue weighted by molar-refractivity contribution is 6.03. The highest BCUT2D eigenvalue weighted by atomic mass is 19.1. The third-order valence-electron chi connectivity index (χ3n) is 2.64. The maximum absolute atomic E-state index is 12.6. The van der Waals surface area contributed by atoms with E-state index in [1.54, 1.807) is 31.4 Å². The molecule has 1 aromatic carbocycles. The summed E-state index contributed by atoms with van der Waals surface area (Å²) in [5, 5.41) is 0. The van der Waals surface area contributed by atoms with Crippen molar-refractivity contribution in [2.24, 2.45) is 4.99 Å². The highest BCUT2D eigenvalue weighted by Crippen LogP contribution is 2.17. The fraction of sp³-hybridized carbons (Fsp3) is 0.133. The minimum Gasteiger partial charge on any atom is -0.497 e. The Kier molecular flexibility index (Phi) is 4.55. The lowest BCUT2D eigenvalue weighted by atomic mass is 10.1. The molecule has 0 spiro atoms. The Hall–Kier alpha value is -2.56. The second-order valence-electron chi connectivity index (χ2n) is 4.01. The lowest BCUT2D eigenvalue weighted by molar-refractivity contribution is 0.100. The van der Waals surface area contributed by atoms with E-state index in [0.29, 0.717) is 5.56 Å². The van der Waals surface area contributed by atoms with Gasteiger partial charge in [-0.05, 0) is 36.4 Å². The highest BCUT2D eigenvalue weighted by Gasteiger charge is 2.04. The Bertz CT molecular complexity index is 607. The second-order valence-corrected chi connectivity index (χ2v) is 4.01. The molecule has 0 bridgehead atoms. The molecule has 0 saturated carbocycles. The first-order valence-electron chi connectivity index (χ1n) is 6.00. The van der Waals surface area contributed by atoms with Gasteiger partial charge in [0.15, 0.2) is 5.78 Å². The Labute approximate surface area is 116 Å². The molecule has 4 nitrogen and oxygen atoms in total. The van der Waals surface area contributed by atoms with Crippen LogP contribution in [0, 0.1) is 5.95 Å².